The van der Waals surface area contributed by atoms with Gasteiger partial charge in [0, 0.05) is 6.54 Å². The standard InChI is InChI=1S/C11H13NO7S/c1-19-11(16)8(13)6-12-20(17,18)9-5-3-2-4-7(9)10(14)15/h2-5,8,12-13H,6H2,1H3,(H,14,15). The molecule has 1 rings (SSSR count). The maximum Gasteiger partial charge on any atom is 0.337 e. The molecule has 3 N–H and O–H groups in total. The van der Waals surface area contributed by atoms with E-state index in [2.05, 4.69) is 4.74 Å². The molecule has 0 bridgehead atoms. The van der Waals surface area contributed by atoms with E-state index in [1.165, 1.54) is 12.1 Å². The number of carbonyl (C=O) groups excluding carboxylic acids is 1. The van der Waals surface area contributed by atoms with Crippen molar-refractivity contribution in [3.8, 4) is 0 Å². The number of benzene rings is 1. The smallest absolute Gasteiger partial charge is 0.337 e. The Bertz CT molecular complexity index is 611. The van der Waals surface area contributed by atoms with Crippen LogP contribution in [0.15, 0.2) is 29.2 Å². The third-order valence-electron chi connectivity index (χ3n) is 2.35. The molecule has 0 fully saturated rings. The molecule has 0 radical (unpaired) electrons. The lowest BCUT2D eigenvalue weighted by molar-refractivity contribution is -0.149. The maximum absolute atomic E-state index is 11.9. The number of hydrogen-bond donors (Lipinski definition) is 3. The lowest BCUT2D eigenvalue weighted by atomic mass is 10.2. The fraction of sp³-hybridized carbons (Fsp3) is 0.273. The van der Waals surface area contributed by atoms with Crippen LogP contribution in [-0.4, -0.2) is 50.3 Å². The Labute approximate surface area is 115 Å². The van der Waals surface area contributed by atoms with Gasteiger partial charge in [-0.25, -0.2) is 22.7 Å². The molecule has 1 atom stereocenters. The van der Waals surface area contributed by atoms with Gasteiger partial charge >= 0.3 is 11.9 Å². The summed E-state index contributed by atoms with van der Waals surface area (Å²) >= 11 is 0. The molecule has 0 aliphatic rings. The SMILES string of the molecule is COC(=O)C(O)CNS(=O)(=O)c1ccccc1C(=O)O. The second kappa shape index (κ2) is 6.46. The normalized spacial score (nSPS) is 12.7. The molecule has 9 heteroatoms. The Morgan fingerprint density at radius 2 is 1.95 bits per heavy atom. The predicted molar refractivity (Wildman–Crippen MR) is 66.6 cm³/mol. The van der Waals surface area contributed by atoms with Gasteiger partial charge < -0.3 is 14.9 Å². The molecule has 0 heterocycles. The van der Waals surface area contributed by atoms with E-state index in [-0.39, 0.29) is 0 Å². The van der Waals surface area contributed by atoms with Crippen molar-refractivity contribution in [1.29, 1.82) is 0 Å². The summed E-state index contributed by atoms with van der Waals surface area (Å²) in [5.74, 6) is -2.40. The first-order valence-electron chi connectivity index (χ1n) is 5.37. The van der Waals surface area contributed by atoms with Gasteiger partial charge in [0.25, 0.3) is 0 Å². The number of nitrogens with one attached hydrogen (secondary N) is 1. The van der Waals surface area contributed by atoms with Gasteiger partial charge in [-0.15, -0.1) is 0 Å². The highest BCUT2D eigenvalue weighted by atomic mass is 32.2. The van der Waals surface area contributed by atoms with E-state index in [0.717, 1.165) is 19.2 Å². The third-order valence-corrected chi connectivity index (χ3v) is 3.83. The summed E-state index contributed by atoms with van der Waals surface area (Å²) < 4.78 is 30.0. The molecule has 110 valence electrons. The highest BCUT2D eigenvalue weighted by molar-refractivity contribution is 7.89. The van der Waals surface area contributed by atoms with Crippen molar-refractivity contribution in [2.75, 3.05) is 13.7 Å². The van der Waals surface area contributed by atoms with Crippen molar-refractivity contribution in [1.82, 2.24) is 4.72 Å². The fourth-order valence-corrected chi connectivity index (χ4v) is 2.60. The predicted octanol–water partition coefficient (Wildman–Crippen LogP) is -0.803. The lowest BCUT2D eigenvalue weighted by Crippen LogP contribution is -2.37. The number of aliphatic hydroxyl groups excluding tert-OH is 1. The van der Waals surface area contributed by atoms with Gasteiger partial charge in [0.2, 0.25) is 10.0 Å². The zero-order valence-electron chi connectivity index (χ0n) is 10.4. The number of carbonyl (C=O) groups is 2. The van der Waals surface area contributed by atoms with E-state index in [4.69, 9.17) is 5.11 Å². The minimum atomic E-state index is -4.17. The molecule has 0 saturated carbocycles. The monoisotopic (exact) mass is 303 g/mol. The Hall–Kier alpha value is -1.97. The molecule has 0 saturated heterocycles. The van der Waals surface area contributed by atoms with Crippen molar-refractivity contribution in [2.45, 2.75) is 11.0 Å². The number of carboxylic acid groups (broad SMARTS) is 1. The maximum atomic E-state index is 11.9. The van der Waals surface area contributed by atoms with Gasteiger partial charge in [-0.2, -0.15) is 0 Å². The van der Waals surface area contributed by atoms with Crippen LogP contribution < -0.4 is 4.72 Å². The Kier molecular flexibility index (Phi) is 5.19. The van der Waals surface area contributed by atoms with Gasteiger partial charge in [-0.05, 0) is 12.1 Å². The van der Waals surface area contributed by atoms with Crippen LogP contribution in [0.2, 0.25) is 0 Å². The van der Waals surface area contributed by atoms with Gasteiger partial charge in [0.05, 0.1) is 17.6 Å². The zero-order valence-corrected chi connectivity index (χ0v) is 11.3. The lowest BCUT2D eigenvalue weighted by Gasteiger charge is -2.11. The van der Waals surface area contributed by atoms with E-state index in [9.17, 15) is 23.1 Å². The number of sulfonamides is 1. The summed E-state index contributed by atoms with van der Waals surface area (Å²) in [5, 5.41) is 18.2. The van der Waals surface area contributed by atoms with Gasteiger partial charge in [-0.1, -0.05) is 12.1 Å². The summed E-state index contributed by atoms with van der Waals surface area (Å²) in [6.45, 7) is -0.622. The van der Waals surface area contributed by atoms with E-state index >= 15 is 0 Å². The number of aliphatic hydroxyl groups is 1. The second-order valence-corrected chi connectivity index (χ2v) is 5.43. The van der Waals surface area contributed by atoms with Crippen LogP contribution in [0.1, 0.15) is 10.4 Å². The molecule has 0 spiro atoms. The van der Waals surface area contributed by atoms with Crippen LogP contribution in [0.4, 0.5) is 0 Å². The van der Waals surface area contributed by atoms with E-state index in [1.54, 1.807) is 0 Å². The molecule has 1 aromatic rings. The van der Waals surface area contributed by atoms with Crippen LogP contribution in [0, 0.1) is 0 Å². The summed E-state index contributed by atoms with van der Waals surface area (Å²) in [4.78, 5) is 21.4. The minimum Gasteiger partial charge on any atom is -0.478 e. The number of aromatic carboxylic acids is 1. The minimum absolute atomic E-state index is 0.410. The van der Waals surface area contributed by atoms with Crippen molar-refractivity contribution in [2.24, 2.45) is 0 Å². The highest BCUT2D eigenvalue weighted by Gasteiger charge is 2.24. The molecule has 0 aliphatic carbocycles. The average molecular weight is 303 g/mol. The van der Waals surface area contributed by atoms with Crippen molar-refractivity contribution >= 4 is 22.0 Å². The molecule has 20 heavy (non-hydrogen) atoms. The summed E-state index contributed by atoms with van der Waals surface area (Å²) in [5.41, 5.74) is -0.410. The Morgan fingerprint density at radius 1 is 1.35 bits per heavy atom. The highest BCUT2D eigenvalue weighted by Crippen LogP contribution is 2.15. The topological polar surface area (TPSA) is 130 Å². The molecule has 1 aromatic carbocycles. The van der Waals surface area contributed by atoms with Gasteiger partial charge in [-0.3, -0.25) is 0 Å². The largest absolute Gasteiger partial charge is 0.478 e. The van der Waals surface area contributed by atoms with Crippen molar-refractivity contribution < 1.29 is 33.0 Å². The number of esters is 1. The van der Waals surface area contributed by atoms with Crippen molar-refractivity contribution in [3.05, 3.63) is 29.8 Å². The molecule has 1 unspecified atom stereocenters. The number of hydrogen-bond acceptors (Lipinski definition) is 6. The summed E-state index contributed by atoms with van der Waals surface area (Å²) in [6, 6.07) is 4.98. The van der Waals surface area contributed by atoms with Crippen molar-refractivity contribution in [3.63, 3.8) is 0 Å². The first kappa shape index (κ1) is 16.1. The molecule has 0 aromatic heterocycles. The van der Waals surface area contributed by atoms with E-state index in [0.29, 0.717) is 0 Å². The Balaban J connectivity index is 2.95. The average Bonchev–Trinajstić information content (AvgIpc) is 2.43. The van der Waals surface area contributed by atoms with Gasteiger partial charge in [0.1, 0.15) is 0 Å². The summed E-state index contributed by atoms with van der Waals surface area (Å²) in [7, 11) is -3.13. The van der Waals surface area contributed by atoms with Crippen LogP contribution in [0.3, 0.4) is 0 Å². The van der Waals surface area contributed by atoms with Crippen LogP contribution >= 0.6 is 0 Å². The number of rotatable bonds is 6. The second-order valence-electron chi connectivity index (χ2n) is 3.69. The molecule has 0 amide bonds. The zero-order chi connectivity index (χ0) is 15.3. The molecule has 0 aliphatic heterocycles. The first-order valence-corrected chi connectivity index (χ1v) is 6.85. The van der Waals surface area contributed by atoms with Crippen LogP contribution in [0.5, 0.6) is 0 Å². The summed E-state index contributed by atoms with van der Waals surface area (Å²) in [6.07, 6.45) is -1.67. The van der Waals surface area contributed by atoms with Crippen LogP contribution in [-0.2, 0) is 19.6 Å². The quantitative estimate of drug-likeness (QED) is 0.586. The fourth-order valence-electron chi connectivity index (χ4n) is 1.36. The first-order chi connectivity index (χ1) is 9.29. The number of methoxy groups -OCH3 is 1. The number of ether oxygens (including phenoxy) is 1. The molecular formula is C11H13NO7S. The van der Waals surface area contributed by atoms with E-state index in [1.807, 2.05) is 4.72 Å². The number of carboxylic acids is 1. The van der Waals surface area contributed by atoms with E-state index < -0.39 is 45.1 Å². The van der Waals surface area contributed by atoms with Gasteiger partial charge in [0.15, 0.2) is 6.10 Å². The molecular weight excluding hydrogens is 290 g/mol. The van der Waals surface area contributed by atoms with Crippen LogP contribution in [0.25, 0.3) is 0 Å². The molecule has 8 nitrogen and oxygen atoms in total. The third kappa shape index (κ3) is 3.76. The Morgan fingerprint density at radius 3 is 2.50 bits per heavy atom.